The van der Waals surface area contributed by atoms with Gasteiger partial charge in [0.15, 0.2) is 5.16 Å². The summed E-state index contributed by atoms with van der Waals surface area (Å²) in [6.45, 7) is 2.74. The summed E-state index contributed by atoms with van der Waals surface area (Å²) in [4.78, 5) is 9.74. The third-order valence-corrected chi connectivity index (χ3v) is 3.62. The number of nitrogens with zero attached hydrogens (tertiary/aromatic N) is 2. The van der Waals surface area contributed by atoms with E-state index in [0.717, 1.165) is 16.2 Å². The molecule has 0 spiro atoms. The first kappa shape index (κ1) is 13.4. The zero-order chi connectivity index (χ0) is 13.1. The van der Waals surface area contributed by atoms with Gasteiger partial charge in [0, 0.05) is 12.3 Å². The van der Waals surface area contributed by atoms with Gasteiger partial charge in [0.05, 0.1) is 17.1 Å². The van der Waals surface area contributed by atoms with Crippen molar-refractivity contribution in [1.82, 2.24) is 14.9 Å². The van der Waals surface area contributed by atoms with Crippen molar-refractivity contribution < 1.29 is 5.11 Å². The lowest BCUT2D eigenvalue weighted by Crippen LogP contribution is -2.27. The maximum absolute atomic E-state index is 9.80. The van der Waals surface area contributed by atoms with E-state index >= 15 is 0 Å². The van der Waals surface area contributed by atoms with Gasteiger partial charge in [-0.05, 0) is 38.7 Å². The minimum absolute atomic E-state index is 0.333. The highest BCUT2D eigenvalue weighted by Gasteiger charge is 2.09. The van der Waals surface area contributed by atoms with Crippen LogP contribution in [0.25, 0.3) is 11.0 Å². The number of aliphatic hydroxyl groups is 1. The van der Waals surface area contributed by atoms with Crippen LogP contribution in [0.5, 0.6) is 0 Å². The van der Waals surface area contributed by atoms with Crippen molar-refractivity contribution in [3.8, 4) is 0 Å². The molecule has 2 aromatic rings. The molecule has 1 atom stereocenters. The summed E-state index contributed by atoms with van der Waals surface area (Å²) in [6, 6.07) is 6.16. The van der Waals surface area contributed by atoms with Crippen molar-refractivity contribution >= 4 is 22.8 Å². The van der Waals surface area contributed by atoms with Gasteiger partial charge in [-0.2, -0.15) is 0 Å². The lowest BCUT2D eigenvalue weighted by atomic mass is 10.2. The van der Waals surface area contributed by atoms with Crippen molar-refractivity contribution in [2.24, 2.45) is 0 Å². The molecule has 0 aliphatic heterocycles. The molecule has 0 fully saturated rings. The summed E-state index contributed by atoms with van der Waals surface area (Å²) in [5, 5.41) is 10.7. The number of fused-ring (bicyclic) bond motifs is 1. The van der Waals surface area contributed by atoms with Gasteiger partial charge in [-0.15, -0.1) is 0 Å². The zero-order valence-electron chi connectivity index (χ0n) is 11.0. The maximum atomic E-state index is 9.80. The van der Waals surface area contributed by atoms with Crippen molar-refractivity contribution in [2.45, 2.75) is 18.2 Å². The monoisotopic (exact) mass is 265 g/mol. The van der Waals surface area contributed by atoms with Crippen LogP contribution < -0.4 is 0 Å². The van der Waals surface area contributed by atoms with E-state index in [1.54, 1.807) is 11.8 Å². The van der Waals surface area contributed by atoms with Crippen LogP contribution >= 0.6 is 11.8 Å². The average molecular weight is 265 g/mol. The third kappa shape index (κ3) is 3.48. The average Bonchev–Trinajstić information content (AvgIpc) is 2.67. The second-order valence-corrected chi connectivity index (χ2v) is 5.80. The fraction of sp³-hybridized carbons (Fsp3) is 0.462. The van der Waals surface area contributed by atoms with E-state index in [-0.39, 0.29) is 6.10 Å². The minimum Gasteiger partial charge on any atom is -0.391 e. The van der Waals surface area contributed by atoms with Crippen LogP contribution in [0, 0.1) is 6.92 Å². The quantitative estimate of drug-likeness (QED) is 0.811. The highest BCUT2D eigenvalue weighted by molar-refractivity contribution is 7.99. The predicted molar refractivity (Wildman–Crippen MR) is 76.1 cm³/mol. The van der Waals surface area contributed by atoms with Crippen molar-refractivity contribution in [2.75, 3.05) is 26.4 Å². The normalized spacial score (nSPS) is 13.4. The number of hydrogen-bond donors (Lipinski definition) is 2. The molecule has 0 bridgehead atoms. The first-order valence-corrected chi connectivity index (χ1v) is 6.95. The standard InChI is InChI=1S/C13H19N3OS/c1-9-4-5-11-12(6-9)15-13(14-11)18-8-10(17)7-16(2)3/h4-6,10,17H,7-8H2,1-3H3,(H,14,15)/t10-/m0/s1. The number of aromatic nitrogens is 2. The summed E-state index contributed by atoms with van der Waals surface area (Å²) in [7, 11) is 3.91. The molecule has 1 aromatic heterocycles. The number of aryl methyl sites for hydroxylation is 1. The Morgan fingerprint density at radius 2 is 2.22 bits per heavy atom. The number of aromatic amines is 1. The van der Waals surface area contributed by atoms with Crippen molar-refractivity contribution in [1.29, 1.82) is 0 Å². The van der Waals surface area contributed by atoms with Crippen LogP contribution in [-0.4, -0.2) is 52.5 Å². The Bertz CT molecular complexity index is 524. The molecule has 0 saturated carbocycles. The van der Waals surface area contributed by atoms with Gasteiger partial charge in [0.25, 0.3) is 0 Å². The van der Waals surface area contributed by atoms with E-state index < -0.39 is 0 Å². The molecule has 2 rings (SSSR count). The Morgan fingerprint density at radius 1 is 1.44 bits per heavy atom. The molecule has 0 aliphatic rings. The number of likely N-dealkylation sites (N-methyl/N-ethyl adjacent to an activating group) is 1. The van der Waals surface area contributed by atoms with Crippen molar-refractivity contribution in [3.63, 3.8) is 0 Å². The minimum atomic E-state index is -0.333. The lowest BCUT2D eigenvalue weighted by molar-refractivity contribution is 0.158. The van der Waals surface area contributed by atoms with Crippen LogP contribution in [0.2, 0.25) is 0 Å². The van der Waals surface area contributed by atoms with Crippen LogP contribution in [0.4, 0.5) is 0 Å². The summed E-state index contributed by atoms with van der Waals surface area (Å²) >= 11 is 1.56. The largest absolute Gasteiger partial charge is 0.391 e. The summed E-state index contributed by atoms with van der Waals surface area (Å²) in [5.74, 6) is 0.650. The van der Waals surface area contributed by atoms with E-state index in [9.17, 15) is 5.11 Å². The van der Waals surface area contributed by atoms with Gasteiger partial charge in [-0.1, -0.05) is 17.8 Å². The predicted octanol–water partition coefficient (Wildman–Crippen LogP) is 1.89. The highest BCUT2D eigenvalue weighted by Crippen LogP contribution is 2.20. The van der Waals surface area contributed by atoms with E-state index in [1.165, 1.54) is 5.56 Å². The number of imidazole rings is 1. The Hall–Kier alpha value is -1.04. The number of thioether (sulfide) groups is 1. The zero-order valence-corrected chi connectivity index (χ0v) is 11.8. The number of rotatable bonds is 5. The fourth-order valence-corrected chi connectivity index (χ4v) is 2.62. The Labute approximate surface area is 111 Å². The summed E-state index contributed by atoms with van der Waals surface area (Å²) in [5.41, 5.74) is 3.25. The molecule has 0 aliphatic carbocycles. The molecule has 98 valence electrons. The smallest absolute Gasteiger partial charge is 0.166 e. The van der Waals surface area contributed by atoms with E-state index in [2.05, 4.69) is 29.0 Å². The molecule has 1 heterocycles. The molecular weight excluding hydrogens is 246 g/mol. The first-order valence-electron chi connectivity index (χ1n) is 5.96. The molecule has 18 heavy (non-hydrogen) atoms. The van der Waals surface area contributed by atoms with Gasteiger partial charge < -0.3 is 15.0 Å². The number of benzene rings is 1. The molecule has 1 aromatic carbocycles. The van der Waals surface area contributed by atoms with Crippen LogP contribution in [0.15, 0.2) is 23.4 Å². The van der Waals surface area contributed by atoms with E-state index in [0.29, 0.717) is 12.3 Å². The Balaban J connectivity index is 1.99. The summed E-state index contributed by atoms with van der Waals surface area (Å²) < 4.78 is 0. The summed E-state index contributed by atoms with van der Waals surface area (Å²) in [6.07, 6.45) is -0.333. The lowest BCUT2D eigenvalue weighted by Gasteiger charge is -2.14. The molecule has 0 amide bonds. The van der Waals surface area contributed by atoms with E-state index in [4.69, 9.17) is 0 Å². The number of nitrogens with one attached hydrogen (secondary N) is 1. The van der Waals surface area contributed by atoms with Gasteiger partial charge in [0.1, 0.15) is 0 Å². The van der Waals surface area contributed by atoms with Gasteiger partial charge in [-0.25, -0.2) is 4.98 Å². The molecule has 0 radical (unpaired) electrons. The Kier molecular flexibility index (Phi) is 4.27. The molecular formula is C13H19N3OS. The second-order valence-electron chi connectivity index (χ2n) is 4.79. The maximum Gasteiger partial charge on any atom is 0.166 e. The molecule has 0 saturated heterocycles. The molecule has 2 N–H and O–H groups in total. The van der Waals surface area contributed by atoms with E-state index in [1.807, 2.05) is 25.1 Å². The molecule has 4 nitrogen and oxygen atoms in total. The van der Waals surface area contributed by atoms with Gasteiger partial charge in [-0.3, -0.25) is 0 Å². The second kappa shape index (κ2) is 5.73. The van der Waals surface area contributed by atoms with Crippen LogP contribution in [-0.2, 0) is 0 Å². The molecule has 5 heteroatoms. The number of hydrogen-bond acceptors (Lipinski definition) is 4. The number of aliphatic hydroxyl groups excluding tert-OH is 1. The fourth-order valence-electron chi connectivity index (χ4n) is 1.82. The van der Waals surface area contributed by atoms with Gasteiger partial charge >= 0.3 is 0 Å². The number of H-pyrrole nitrogens is 1. The topological polar surface area (TPSA) is 52.2 Å². The third-order valence-electron chi connectivity index (χ3n) is 2.60. The van der Waals surface area contributed by atoms with Crippen LogP contribution in [0.3, 0.4) is 0 Å². The first-order chi connectivity index (χ1) is 8.54. The highest BCUT2D eigenvalue weighted by atomic mass is 32.2. The SMILES string of the molecule is Cc1ccc2nc(SC[C@@H](O)CN(C)C)[nH]c2c1. The Morgan fingerprint density at radius 3 is 2.94 bits per heavy atom. The van der Waals surface area contributed by atoms with Crippen molar-refractivity contribution in [3.05, 3.63) is 23.8 Å². The van der Waals surface area contributed by atoms with Gasteiger partial charge in [0.2, 0.25) is 0 Å². The molecule has 0 unspecified atom stereocenters. The van der Waals surface area contributed by atoms with Crippen LogP contribution in [0.1, 0.15) is 5.56 Å².